The minimum absolute atomic E-state index is 0.0904. The number of rotatable bonds is 8. The third kappa shape index (κ3) is 4.58. The number of hydrogen-bond acceptors (Lipinski definition) is 3. The van der Waals surface area contributed by atoms with Crippen molar-refractivity contribution in [1.82, 2.24) is 4.90 Å². The highest BCUT2D eigenvalue weighted by molar-refractivity contribution is 5.97. The van der Waals surface area contributed by atoms with Gasteiger partial charge in [0.1, 0.15) is 0 Å². The number of carbonyl (C=O) groups excluding carboxylic acids is 1. The first-order chi connectivity index (χ1) is 10.0. The summed E-state index contributed by atoms with van der Waals surface area (Å²) in [6.45, 7) is 1.94. The van der Waals surface area contributed by atoms with Crippen molar-refractivity contribution in [2.75, 3.05) is 20.2 Å². The lowest BCUT2D eigenvalue weighted by atomic mass is 10.1. The second-order valence-corrected chi connectivity index (χ2v) is 4.45. The number of nitrogens with zero attached hydrogens (tertiary/aromatic N) is 1. The smallest absolute Gasteiger partial charge is 0.387 e. The Kier molecular flexibility index (Phi) is 6.91. The van der Waals surface area contributed by atoms with Crippen LogP contribution in [-0.4, -0.2) is 37.6 Å². The van der Waals surface area contributed by atoms with E-state index in [9.17, 15) is 13.6 Å². The lowest BCUT2D eigenvalue weighted by Gasteiger charge is -2.22. The zero-order valence-electron chi connectivity index (χ0n) is 12.6. The first kappa shape index (κ1) is 17.2. The van der Waals surface area contributed by atoms with Gasteiger partial charge >= 0.3 is 6.61 Å². The molecule has 0 N–H and O–H groups in total. The highest BCUT2D eigenvalue weighted by Gasteiger charge is 2.23. The predicted molar refractivity (Wildman–Crippen MR) is 76.1 cm³/mol. The normalized spacial score (nSPS) is 10.6. The van der Waals surface area contributed by atoms with Crippen LogP contribution in [0.2, 0.25) is 0 Å². The molecule has 0 saturated heterocycles. The van der Waals surface area contributed by atoms with Crippen molar-refractivity contribution in [1.29, 1.82) is 0 Å². The number of amides is 1. The van der Waals surface area contributed by atoms with Crippen LogP contribution in [0.4, 0.5) is 8.78 Å². The van der Waals surface area contributed by atoms with Crippen LogP contribution in [0.15, 0.2) is 18.2 Å². The van der Waals surface area contributed by atoms with Crippen LogP contribution in [-0.2, 0) is 0 Å². The summed E-state index contributed by atoms with van der Waals surface area (Å²) in [6.07, 6.45) is 1.80. The fraction of sp³-hybridized carbons (Fsp3) is 0.533. The zero-order chi connectivity index (χ0) is 15.8. The lowest BCUT2D eigenvalue weighted by molar-refractivity contribution is -0.0516. The van der Waals surface area contributed by atoms with Crippen LogP contribution in [0.25, 0.3) is 0 Å². The molecule has 0 spiro atoms. The SMILES string of the molecule is CCCCN(CC)C(=O)c1cccc(OC)c1OC(F)F. The molecule has 0 aliphatic carbocycles. The van der Waals surface area contributed by atoms with Crippen molar-refractivity contribution in [3.63, 3.8) is 0 Å². The largest absolute Gasteiger partial charge is 0.493 e. The summed E-state index contributed by atoms with van der Waals surface area (Å²) < 4.78 is 34.6. The Morgan fingerprint density at radius 1 is 1.33 bits per heavy atom. The molecule has 21 heavy (non-hydrogen) atoms. The fourth-order valence-corrected chi connectivity index (χ4v) is 1.98. The van der Waals surface area contributed by atoms with E-state index < -0.39 is 6.61 Å². The van der Waals surface area contributed by atoms with Gasteiger partial charge in [0.15, 0.2) is 11.5 Å². The number of ether oxygens (including phenoxy) is 2. The number of carbonyl (C=O) groups is 1. The molecule has 0 unspecified atom stereocenters. The molecule has 1 aromatic rings. The molecular weight excluding hydrogens is 280 g/mol. The summed E-state index contributed by atoms with van der Waals surface area (Å²) in [5, 5.41) is 0. The monoisotopic (exact) mass is 301 g/mol. The molecule has 0 aliphatic rings. The molecule has 1 aromatic carbocycles. The number of benzene rings is 1. The summed E-state index contributed by atoms with van der Waals surface area (Å²) in [6, 6.07) is 4.53. The molecule has 0 saturated carbocycles. The van der Waals surface area contributed by atoms with Gasteiger partial charge < -0.3 is 14.4 Å². The third-order valence-electron chi connectivity index (χ3n) is 3.09. The van der Waals surface area contributed by atoms with Gasteiger partial charge in [0.25, 0.3) is 5.91 Å². The molecule has 0 aromatic heterocycles. The zero-order valence-corrected chi connectivity index (χ0v) is 12.6. The number of alkyl halides is 2. The quantitative estimate of drug-likeness (QED) is 0.737. The lowest BCUT2D eigenvalue weighted by Crippen LogP contribution is -2.32. The molecule has 0 bridgehead atoms. The molecule has 118 valence electrons. The van der Waals surface area contributed by atoms with Gasteiger partial charge in [0.2, 0.25) is 0 Å². The fourth-order valence-electron chi connectivity index (χ4n) is 1.98. The van der Waals surface area contributed by atoms with Crippen LogP contribution in [0.3, 0.4) is 0 Å². The molecular formula is C15H21F2NO3. The van der Waals surface area contributed by atoms with Gasteiger partial charge in [-0.3, -0.25) is 4.79 Å². The van der Waals surface area contributed by atoms with Gasteiger partial charge in [-0.25, -0.2) is 0 Å². The Balaban J connectivity index is 3.11. The summed E-state index contributed by atoms with van der Waals surface area (Å²) in [5.41, 5.74) is 0.0904. The average molecular weight is 301 g/mol. The molecule has 6 heteroatoms. The van der Waals surface area contributed by atoms with Crippen molar-refractivity contribution >= 4 is 5.91 Å². The van der Waals surface area contributed by atoms with E-state index in [0.29, 0.717) is 13.1 Å². The number of methoxy groups -OCH3 is 1. The van der Waals surface area contributed by atoms with Crippen molar-refractivity contribution in [3.8, 4) is 11.5 Å². The summed E-state index contributed by atoms with van der Waals surface area (Å²) in [7, 11) is 1.34. The molecule has 0 fully saturated rings. The second-order valence-electron chi connectivity index (χ2n) is 4.45. The van der Waals surface area contributed by atoms with Gasteiger partial charge in [-0.15, -0.1) is 0 Å². The number of halogens is 2. The summed E-state index contributed by atoms with van der Waals surface area (Å²) >= 11 is 0. The third-order valence-corrected chi connectivity index (χ3v) is 3.09. The van der Waals surface area contributed by atoms with Crippen LogP contribution in [0.5, 0.6) is 11.5 Å². The maximum absolute atomic E-state index is 12.6. The van der Waals surface area contributed by atoms with Gasteiger partial charge in [-0.05, 0) is 25.5 Å². The molecule has 1 rings (SSSR count). The first-order valence-corrected chi connectivity index (χ1v) is 6.96. The minimum Gasteiger partial charge on any atom is -0.493 e. The maximum Gasteiger partial charge on any atom is 0.387 e. The van der Waals surface area contributed by atoms with Gasteiger partial charge in [0.05, 0.1) is 12.7 Å². The highest BCUT2D eigenvalue weighted by Crippen LogP contribution is 2.33. The topological polar surface area (TPSA) is 38.8 Å². The van der Waals surface area contributed by atoms with Crippen molar-refractivity contribution < 1.29 is 23.0 Å². The summed E-state index contributed by atoms with van der Waals surface area (Å²) in [5.74, 6) is -0.428. The number of para-hydroxylation sites is 1. The Morgan fingerprint density at radius 3 is 2.57 bits per heavy atom. The van der Waals surface area contributed by atoms with Crippen LogP contribution in [0, 0.1) is 0 Å². The maximum atomic E-state index is 12.6. The first-order valence-electron chi connectivity index (χ1n) is 6.96. The van der Waals surface area contributed by atoms with Crippen molar-refractivity contribution in [2.45, 2.75) is 33.3 Å². The van der Waals surface area contributed by atoms with Crippen molar-refractivity contribution in [3.05, 3.63) is 23.8 Å². The van der Waals surface area contributed by atoms with E-state index >= 15 is 0 Å². The number of hydrogen-bond donors (Lipinski definition) is 0. The predicted octanol–water partition coefficient (Wildman–Crippen LogP) is 3.56. The molecule has 1 amide bonds. The van der Waals surface area contributed by atoms with Gasteiger partial charge in [0, 0.05) is 13.1 Å². The van der Waals surface area contributed by atoms with E-state index in [1.807, 2.05) is 13.8 Å². The van der Waals surface area contributed by atoms with E-state index in [-0.39, 0.29) is 23.0 Å². The van der Waals surface area contributed by atoms with Crippen LogP contribution < -0.4 is 9.47 Å². The van der Waals surface area contributed by atoms with E-state index in [0.717, 1.165) is 12.8 Å². The molecule has 4 nitrogen and oxygen atoms in total. The second kappa shape index (κ2) is 8.44. The Bertz CT molecular complexity index is 466. The Hall–Kier alpha value is -1.85. The van der Waals surface area contributed by atoms with Crippen LogP contribution >= 0.6 is 0 Å². The Labute approximate surface area is 123 Å². The molecule has 0 aliphatic heterocycles. The average Bonchev–Trinajstić information content (AvgIpc) is 2.47. The summed E-state index contributed by atoms with van der Waals surface area (Å²) in [4.78, 5) is 14.1. The standard InChI is InChI=1S/C15H21F2NO3/c1-4-6-10-18(5-2)14(19)11-8-7-9-12(20-3)13(11)21-15(16)17/h7-9,15H,4-6,10H2,1-3H3. The van der Waals surface area contributed by atoms with E-state index in [1.165, 1.54) is 19.2 Å². The van der Waals surface area contributed by atoms with E-state index in [1.54, 1.807) is 11.0 Å². The number of unbranched alkanes of at least 4 members (excludes halogenated alkanes) is 1. The van der Waals surface area contributed by atoms with E-state index in [4.69, 9.17) is 4.74 Å². The van der Waals surface area contributed by atoms with Crippen LogP contribution in [0.1, 0.15) is 37.0 Å². The molecule has 0 radical (unpaired) electrons. The van der Waals surface area contributed by atoms with Crippen molar-refractivity contribution in [2.24, 2.45) is 0 Å². The molecule has 0 atom stereocenters. The minimum atomic E-state index is -3.02. The molecule has 0 heterocycles. The Morgan fingerprint density at radius 2 is 2.05 bits per heavy atom. The van der Waals surface area contributed by atoms with Gasteiger partial charge in [-0.2, -0.15) is 8.78 Å². The highest BCUT2D eigenvalue weighted by atomic mass is 19.3. The van der Waals surface area contributed by atoms with Gasteiger partial charge in [-0.1, -0.05) is 19.4 Å². The van der Waals surface area contributed by atoms with E-state index in [2.05, 4.69) is 4.74 Å².